The van der Waals surface area contributed by atoms with Crippen molar-refractivity contribution in [3.63, 3.8) is 0 Å². The van der Waals surface area contributed by atoms with E-state index in [0.29, 0.717) is 31.2 Å². The molecule has 0 fully saturated rings. The van der Waals surface area contributed by atoms with E-state index in [2.05, 4.69) is 68.1 Å². The maximum Gasteiger partial charge on any atom is 0.220 e. The maximum atomic E-state index is 12.9. The molecule has 0 heterocycles. The Hall–Kier alpha value is -1.44. The summed E-state index contributed by atoms with van der Waals surface area (Å²) in [5, 5.41) is 16.5. The molecule has 7 heteroatoms. The molecule has 0 aliphatic rings. The highest BCUT2D eigenvalue weighted by Crippen LogP contribution is 2.21. The molecule has 0 aromatic rings. The van der Waals surface area contributed by atoms with Gasteiger partial charge < -0.3 is 15.7 Å². The van der Waals surface area contributed by atoms with Gasteiger partial charge in [-0.05, 0) is 90.1 Å². The minimum absolute atomic E-state index is 0.177. The summed E-state index contributed by atoms with van der Waals surface area (Å²) < 4.78 is 0. The lowest BCUT2D eigenvalue weighted by Crippen LogP contribution is -2.37. The summed E-state index contributed by atoms with van der Waals surface area (Å²) in [5.74, 6) is 1.72. The van der Waals surface area contributed by atoms with Crippen LogP contribution in [-0.2, 0) is 9.59 Å². The topological polar surface area (TPSA) is 84.9 Å². The zero-order chi connectivity index (χ0) is 47.0. The second-order valence-corrected chi connectivity index (χ2v) is 20.3. The number of aliphatic hydroxyl groups excluding tert-OH is 1. The van der Waals surface area contributed by atoms with Gasteiger partial charge in [-0.3, -0.25) is 19.4 Å². The molecule has 380 valence electrons. The lowest BCUT2D eigenvalue weighted by Gasteiger charge is -2.27. The van der Waals surface area contributed by atoms with Gasteiger partial charge in [0.05, 0.1) is 6.61 Å². The number of rotatable bonds is 51. The molecule has 0 rings (SSSR count). The Morgan fingerprint density at radius 2 is 0.750 bits per heavy atom. The van der Waals surface area contributed by atoms with E-state index >= 15 is 0 Å². The predicted octanol–water partition coefficient (Wildman–Crippen LogP) is 15.1. The van der Waals surface area contributed by atoms with Crippen LogP contribution in [0.3, 0.4) is 0 Å². The van der Waals surface area contributed by atoms with Gasteiger partial charge in [0.1, 0.15) is 0 Å². The Morgan fingerprint density at radius 1 is 0.422 bits per heavy atom. The van der Waals surface area contributed by atoms with E-state index in [1.807, 2.05) is 0 Å². The van der Waals surface area contributed by atoms with Crippen molar-refractivity contribution in [1.29, 1.82) is 0 Å². The number of nitrogens with zero attached hydrogens (tertiary/aromatic N) is 2. The fourth-order valence-corrected chi connectivity index (χ4v) is 9.20. The molecule has 0 unspecified atom stereocenters. The van der Waals surface area contributed by atoms with E-state index in [0.717, 1.165) is 84.3 Å². The Kier molecular flexibility index (Phi) is 48.4. The van der Waals surface area contributed by atoms with Crippen molar-refractivity contribution in [3.05, 3.63) is 11.6 Å². The first-order valence-electron chi connectivity index (χ1n) is 28.5. The number of aliphatic hydroxyl groups is 1. The van der Waals surface area contributed by atoms with Crippen LogP contribution < -0.4 is 10.6 Å². The van der Waals surface area contributed by atoms with Crippen molar-refractivity contribution >= 4 is 11.8 Å². The quantitative estimate of drug-likeness (QED) is 0.0418. The number of nitrogens with one attached hydrogen (secondary N) is 2. The standard InChI is InChI=1S/C57H114N4O3/c1-7-11-15-19-23-29-37-54(38-30-24-20-16-12-8-2)51-58-56(63)41-33-27-35-44-60(46-43-53(5)6)47-48-61(49-50-62)45-36-28-34-42-57(64)59-52-55(39-31-25-21-17-13-9-3)40-32-26-22-18-14-10-4/h43,54-55,62H,7-42,44-52H2,1-6H3,(H,58,63)(H,59,64). The van der Waals surface area contributed by atoms with E-state index in [1.54, 1.807) is 0 Å². The SMILES string of the molecule is CCCCCCCCC(CCCCCCCC)CNC(=O)CCCCCN(CC=C(C)C)CCN(CCO)CCCCCC(=O)NCC(CCCCCCCC)CCCCCCCC. The Bertz CT molecular complexity index is 985. The molecule has 2 amide bonds. The summed E-state index contributed by atoms with van der Waals surface area (Å²) in [6.45, 7) is 20.9. The average molecular weight is 904 g/mol. The van der Waals surface area contributed by atoms with Crippen molar-refractivity contribution in [2.45, 2.75) is 273 Å². The van der Waals surface area contributed by atoms with Gasteiger partial charge in [-0.2, -0.15) is 0 Å². The van der Waals surface area contributed by atoms with Crippen LogP contribution in [0, 0.1) is 11.8 Å². The van der Waals surface area contributed by atoms with E-state index in [-0.39, 0.29) is 18.4 Å². The van der Waals surface area contributed by atoms with Crippen molar-refractivity contribution in [1.82, 2.24) is 20.4 Å². The van der Waals surface area contributed by atoms with Crippen LogP contribution >= 0.6 is 0 Å². The van der Waals surface area contributed by atoms with Crippen molar-refractivity contribution in [3.8, 4) is 0 Å². The molecule has 0 aliphatic carbocycles. The van der Waals surface area contributed by atoms with Gasteiger partial charge in [0.2, 0.25) is 11.8 Å². The molecule has 0 atom stereocenters. The largest absolute Gasteiger partial charge is 0.395 e. The number of hydrogen-bond acceptors (Lipinski definition) is 5. The fraction of sp³-hybridized carbons (Fsp3) is 0.930. The lowest BCUT2D eigenvalue weighted by molar-refractivity contribution is -0.122. The molecule has 0 aromatic carbocycles. The lowest BCUT2D eigenvalue weighted by atomic mass is 9.94. The Morgan fingerprint density at radius 3 is 1.11 bits per heavy atom. The summed E-state index contributed by atoms with van der Waals surface area (Å²) in [7, 11) is 0. The molecule has 0 saturated heterocycles. The summed E-state index contributed by atoms with van der Waals surface area (Å²) >= 11 is 0. The smallest absolute Gasteiger partial charge is 0.220 e. The normalized spacial score (nSPS) is 11.7. The summed E-state index contributed by atoms with van der Waals surface area (Å²) in [5.41, 5.74) is 1.34. The number of carbonyl (C=O) groups excluding carboxylic acids is 2. The first kappa shape index (κ1) is 62.6. The first-order valence-corrected chi connectivity index (χ1v) is 28.5. The van der Waals surface area contributed by atoms with Crippen LogP contribution in [0.4, 0.5) is 0 Å². The maximum absolute atomic E-state index is 12.9. The predicted molar refractivity (Wildman–Crippen MR) is 281 cm³/mol. The number of allylic oxidation sites excluding steroid dienone is 1. The summed E-state index contributed by atoms with van der Waals surface area (Å²) in [4.78, 5) is 30.8. The van der Waals surface area contributed by atoms with Crippen LogP contribution in [0.5, 0.6) is 0 Å². The van der Waals surface area contributed by atoms with Crippen molar-refractivity contribution in [2.24, 2.45) is 11.8 Å². The van der Waals surface area contributed by atoms with E-state index < -0.39 is 0 Å². The highest BCUT2D eigenvalue weighted by molar-refractivity contribution is 5.76. The van der Waals surface area contributed by atoms with Gasteiger partial charge in [0.25, 0.3) is 0 Å². The zero-order valence-corrected chi connectivity index (χ0v) is 44.2. The summed E-state index contributed by atoms with van der Waals surface area (Å²) in [6.07, 6.45) is 46.9. The molecule has 0 spiro atoms. The van der Waals surface area contributed by atoms with E-state index in [1.165, 1.54) is 185 Å². The monoisotopic (exact) mass is 903 g/mol. The van der Waals surface area contributed by atoms with E-state index in [9.17, 15) is 14.7 Å². The van der Waals surface area contributed by atoms with Gasteiger partial charge in [-0.1, -0.05) is 206 Å². The molecule has 3 N–H and O–H groups in total. The number of carbonyl (C=O) groups is 2. The first-order chi connectivity index (χ1) is 31.3. The Balaban J connectivity index is 4.65. The van der Waals surface area contributed by atoms with Crippen LogP contribution in [0.25, 0.3) is 0 Å². The molecule has 0 bridgehead atoms. The minimum atomic E-state index is 0.177. The molecule has 7 nitrogen and oxygen atoms in total. The Labute approximate surface area is 400 Å². The summed E-state index contributed by atoms with van der Waals surface area (Å²) in [6, 6.07) is 0. The van der Waals surface area contributed by atoms with Gasteiger partial charge in [0, 0.05) is 52.1 Å². The van der Waals surface area contributed by atoms with Gasteiger partial charge >= 0.3 is 0 Å². The fourth-order valence-electron chi connectivity index (χ4n) is 9.20. The van der Waals surface area contributed by atoms with Crippen LogP contribution in [0.1, 0.15) is 273 Å². The minimum Gasteiger partial charge on any atom is -0.395 e. The molecule has 0 aliphatic heterocycles. The molecule has 64 heavy (non-hydrogen) atoms. The number of unbranched alkanes of at least 4 members (excludes halogenated alkanes) is 24. The number of hydrogen-bond donors (Lipinski definition) is 3. The van der Waals surface area contributed by atoms with Crippen LogP contribution in [0.15, 0.2) is 11.6 Å². The third-order valence-electron chi connectivity index (χ3n) is 13.7. The number of amides is 2. The second kappa shape index (κ2) is 49.5. The third kappa shape index (κ3) is 44.4. The average Bonchev–Trinajstić information content (AvgIpc) is 3.28. The van der Waals surface area contributed by atoms with Crippen molar-refractivity contribution < 1.29 is 14.7 Å². The zero-order valence-electron chi connectivity index (χ0n) is 44.2. The highest BCUT2D eigenvalue weighted by atomic mass is 16.3. The van der Waals surface area contributed by atoms with E-state index in [4.69, 9.17) is 0 Å². The molecule has 0 saturated carbocycles. The molecule has 0 radical (unpaired) electrons. The second-order valence-electron chi connectivity index (χ2n) is 20.3. The van der Waals surface area contributed by atoms with Gasteiger partial charge in [0.15, 0.2) is 0 Å². The highest BCUT2D eigenvalue weighted by Gasteiger charge is 2.14. The molecular weight excluding hydrogens is 789 g/mol. The van der Waals surface area contributed by atoms with Gasteiger partial charge in [-0.25, -0.2) is 0 Å². The van der Waals surface area contributed by atoms with Gasteiger partial charge in [-0.15, -0.1) is 0 Å². The third-order valence-corrected chi connectivity index (χ3v) is 13.7. The molecular formula is C57H114N4O3. The van der Waals surface area contributed by atoms with Crippen molar-refractivity contribution in [2.75, 3.05) is 59.0 Å². The van der Waals surface area contributed by atoms with Crippen LogP contribution in [0.2, 0.25) is 0 Å². The van der Waals surface area contributed by atoms with Crippen LogP contribution in [-0.4, -0.2) is 85.7 Å². The molecule has 0 aromatic heterocycles.